The van der Waals surface area contributed by atoms with Crippen LogP contribution in [-0.2, 0) is 9.59 Å². The molecule has 0 spiro atoms. The van der Waals surface area contributed by atoms with Crippen molar-refractivity contribution in [3.8, 4) is 0 Å². The molecule has 0 heterocycles. The summed E-state index contributed by atoms with van der Waals surface area (Å²) in [6.45, 7) is -1.44. The van der Waals surface area contributed by atoms with Crippen LogP contribution >= 0.6 is 27.5 Å². The SMILES string of the molecule is O=C(O)CN(CC(=O)O)C(=O)Nc1ccc(Cl)cc1Br. The van der Waals surface area contributed by atoms with E-state index in [2.05, 4.69) is 21.2 Å². The number of urea groups is 1. The van der Waals surface area contributed by atoms with Gasteiger partial charge < -0.3 is 20.4 Å². The third-order valence-electron chi connectivity index (χ3n) is 2.11. The first kappa shape index (κ1) is 16.3. The molecule has 0 aliphatic carbocycles. The molecule has 20 heavy (non-hydrogen) atoms. The predicted octanol–water partition coefficient (Wildman–Crippen LogP) is 2.11. The maximum Gasteiger partial charge on any atom is 0.323 e. The fourth-order valence-electron chi connectivity index (χ4n) is 1.31. The van der Waals surface area contributed by atoms with Crippen LogP contribution in [-0.4, -0.2) is 46.2 Å². The Kier molecular flexibility index (Phi) is 5.78. The van der Waals surface area contributed by atoms with E-state index in [-0.39, 0.29) is 0 Å². The summed E-state index contributed by atoms with van der Waals surface area (Å²) in [7, 11) is 0. The molecule has 0 aromatic heterocycles. The second kappa shape index (κ2) is 7.11. The van der Waals surface area contributed by atoms with E-state index in [4.69, 9.17) is 21.8 Å². The minimum absolute atomic E-state index is 0.347. The Morgan fingerprint density at radius 2 is 1.75 bits per heavy atom. The molecule has 0 aliphatic rings. The van der Waals surface area contributed by atoms with Gasteiger partial charge in [-0.2, -0.15) is 0 Å². The van der Waals surface area contributed by atoms with Crippen molar-refractivity contribution in [2.24, 2.45) is 0 Å². The average molecular weight is 366 g/mol. The van der Waals surface area contributed by atoms with E-state index in [0.29, 0.717) is 20.1 Å². The van der Waals surface area contributed by atoms with Crippen LogP contribution in [0.15, 0.2) is 22.7 Å². The summed E-state index contributed by atoms with van der Waals surface area (Å²) in [6.07, 6.45) is 0. The van der Waals surface area contributed by atoms with Gasteiger partial charge in [0.1, 0.15) is 13.1 Å². The number of aliphatic carboxylic acids is 2. The average Bonchev–Trinajstić information content (AvgIpc) is 2.30. The smallest absolute Gasteiger partial charge is 0.323 e. The van der Waals surface area contributed by atoms with Gasteiger partial charge in [-0.15, -0.1) is 0 Å². The predicted molar refractivity (Wildman–Crippen MR) is 75.0 cm³/mol. The lowest BCUT2D eigenvalue weighted by atomic mass is 10.3. The number of nitrogens with one attached hydrogen (secondary N) is 1. The Bertz CT molecular complexity index is 536. The van der Waals surface area contributed by atoms with Crippen molar-refractivity contribution in [1.82, 2.24) is 4.90 Å². The van der Waals surface area contributed by atoms with Gasteiger partial charge >= 0.3 is 18.0 Å². The number of hydrogen-bond donors (Lipinski definition) is 3. The number of carbonyl (C=O) groups is 3. The lowest BCUT2D eigenvalue weighted by molar-refractivity contribution is -0.140. The number of rotatable bonds is 5. The quantitative estimate of drug-likeness (QED) is 0.741. The van der Waals surface area contributed by atoms with E-state index < -0.39 is 31.1 Å². The molecule has 0 radical (unpaired) electrons. The number of nitrogens with zero attached hydrogens (tertiary/aromatic N) is 1. The number of carbonyl (C=O) groups excluding carboxylic acids is 1. The molecule has 3 N–H and O–H groups in total. The molecular weight excluding hydrogens is 355 g/mol. The second-order valence-electron chi connectivity index (χ2n) is 3.70. The zero-order valence-electron chi connectivity index (χ0n) is 9.97. The van der Waals surface area contributed by atoms with Gasteiger partial charge in [0.05, 0.1) is 5.69 Å². The molecule has 9 heteroatoms. The highest BCUT2D eigenvalue weighted by Crippen LogP contribution is 2.26. The molecule has 0 unspecified atom stereocenters. The topological polar surface area (TPSA) is 107 Å². The van der Waals surface area contributed by atoms with E-state index in [1.54, 1.807) is 0 Å². The maximum atomic E-state index is 11.9. The summed E-state index contributed by atoms with van der Waals surface area (Å²) >= 11 is 8.92. The zero-order chi connectivity index (χ0) is 15.3. The number of hydrogen-bond acceptors (Lipinski definition) is 3. The molecular formula is C11H10BrClN2O5. The van der Waals surface area contributed by atoms with Crippen molar-refractivity contribution >= 4 is 51.2 Å². The normalized spacial score (nSPS) is 9.90. The van der Waals surface area contributed by atoms with Crippen LogP contribution in [0.4, 0.5) is 10.5 Å². The molecule has 2 amide bonds. The van der Waals surface area contributed by atoms with Crippen molar-refractivity contribution in [1.29, 1.82) is 0 Å². The molecule has 0 fully saturated rings. The monoisotopic (exact) mass is 364 g/mol. The van der Waals surface area contributed by atoms with E-state index in [1.807, 2.05) is 0 Å². The summed E-state index contributed by atoms with van der Waals surface area (Å²) in [5, 5.41) is 20.2. The highest BCUT2D eigenvalue weighted by Gasteiger charge is 2.20. The Balaban J connectivity index is 2.84. The standard InChI is InChI=1S/C11H10BrClN2O5/c12-7-3-6(13)1-2-8(7)14-11(20)15(4-9(16)17)5-10(18)19/h1-3H,4-5H2,(H,14,20)(H,16,17)(H,18,19). The third-order valence-corrected chi connectivity index (χ3v) is 3.00. The van der Waals surface area contributed by atoms with Gasteiger partial charge in [-0.05, 0) is 34.1 Å². The summed E-state index contributed by atoms with van der Waals surface area (Å²) < 4.78 is 0.490. The van der Waals surface area contributed by atoms with Gasteiger partial charge in [-0.3, -0.25) is 9.59 Å². The van der Waals surface area contributed by atoms with Crippen LogP contribution in [0.25, 0.3) is 0 Å². The van der Waals surface area contributed by atoms with Crippen LogP contribution in [0.1, 0.15) is 0 Å². The minimum atomic E-state index is -1.31. The van der Waals surface area contributed by atoms with Crippen LogP contribution in [0.2, 0.25) is 5.02 Å². The fraction of sp³-hybridized carbons (Fsp3) is 0.182. The highest BCUT2D eigenvalue weighted by molar-refractivity contribution is 9.10. The number of halogens is 2. The summed E-state index contributed by atoms with van der Waals surface area (Å²) in [4.78, 5) is 33.8. The second-order valence-corrected chi connectivity index (χ2v) is 4.99. The molecule has 108 valence electrons. The largest absolute Gasteiger partial charge is 0.480 e. The Morgan fingerprint density at radius 3 is 2.20 bits per heavy atom. The van der Waals surface area contributed by atoms with E-state index in [9.17, 15) is 14.4 Å². The first-order valence-corrected chi connectivity index (χ1v) is 6.41. The first-order valence-electron chi connectivity index (χ1n) is 5.24. The van der Waals surface area contributed by atoms with Gasteiger partial charge in [-0.25, -0.2) is 4.79 Å². The number of anilines is 1. The minimum Gasteiger partial charge on any atom is -0.480 e. The van der Waals surface area contributed by atoms with Crippen molar-refractivity contribution in [3.05, 3.63) is 27.7 Å². The Hall–Kier alpha value is -1.80. The lowest BCUT2D eigenvalue weighted by Gasteiger charge is -2.19. The van der Waals surface area contributed by atoms with E-state index >= 15 is 0 Å². The molecule has 7 nitrogen and oxygen atoms in total. The van der Waals surface area contributed by atoms with Crippen molar-refractivity contribution in [2.75, 3.05) is 18.4 Å². The van der Waals surface area contributed by atoms with Crippen molar-refractivity contribution in [3.63, 3.8) is 0 Å². The number of benzene rings is 1. The third kappa shape index (κ3) is 5.06. The molecule has 0 saturated carbocycles. The van der Waals surface area contributed by atoms with Crippen LogP contribution in [0.5, 0.6) is 0 Å². The zero-order valence-corrected chi connectivity index (χ0v) is 12.3. The molecule has 0 aliphatic heterocycles. The van der Waals surface area contributed by atoms with Crippen LogP contribution < -0.4 is 5.32 Å². The molecule has 0 saturated heterocycles. The molecule has 1 aromatic carbocycles. The van der Waals surface area contributed by atoms with Gasteiger partial charge in [0, 0.05) is 9.50 Å². The summed E-state index contributed by atoms with van der Waals surface area (Å²) in [5.74, 6) is -2.62. The molecule has 1 aromatic rings. The fourth-order valence-corrected chi connectivity index (χ4v) is 2.09. The number of amides is 2. The van der Waals surface area contributed by atoms with E-state index in [0.717, 1.165) is 0 Å². The summed E-state index contributed by atoms with van der Waals surface area (Å²) in [6, 6.07) is 3.73. The van der Waals surface area contributed by atoms with Gasteiger partial charge in [-0.1, -0.05) is 11.6 Å². The maximum absolute atomic E-state index is 11.9. The lowest BCUT2D eigenvalue weighted by Crippen LogP contribution is -2.42. The number of carboxylic acids is 2. The van der Waals surface area contributed by atoms with E-state index in [1.165, 1.54) is 18.2 Å². The Labute approximate surface area is 127 Å². The van der Waals surface area contributed by atoms with Gasteiger partial charge in [0.25, 0.3) is 0 Å². The van der Waals surface area contributed by atoms with Crippen molar-refractivity contribution in [2.45, 2.75) is 0 Å². The first-order chi connectivity index (χ1) is 9.29. The molecule has 0 atom stereocenters. The highest BCUT2D eigenvalue weighted by atomic mass is 79.9. The molecule has 1 rings (SSSR count). The molecule has 0 bridgehead atoms. The van der Waals surface area contributed by atoms with Gasteiger partial charge in [0.2, 0.25) is 0 Å². The Morgan fingerprint density at radius 1 is 1.20 bits per heavy atom. The summed E-state index contributed by atoms with van der Waals surface area (Å²) in [5.41, 5.74) is 0.347. The van der Waals surface area contributed by atoms with Crippen molar-refractivity contribution < 1.29 is 24.6 Å². The van der Waals surface area contributed by atoms with Crippen LogP contribution in [0.3, 0.4) is 0 Å². The van der Waals surface area contributed by atoms with Gasteiger partial charge in [0.15, 0.2) is 0 Å². The van der Waals surface area contributed by atoms with Crippen LogP contribution in [0, 0.1) is 0 Å². The number of carboxylic acid groups (broad SMARTS) is 2.